The number of benzene rings is 7. The van der Waals surface area contributed by atoms with E-state index in [1.54, 1.807) is 0 Å². The van der Waals surface area contributed by atoms with Crippen molar-refractivity contribution in [2.24, 2.45) is 5.73 Å². The lowest BCUT2D eigenvalue weighted by molar-refractivity contribution is -0.275. The maximum absolute atomic E-state index is 7.39. The van der Waals surface area contributed by atoms with Crippen molar-refractivity contribution in [3.63, 3.8) is 0 Å². The summed E-state index contributed by atoms with van der Waals surface area (Å²) in [6.07, 6.45) is -1.74. The van der Waals surface area contributed by atoms with Gasteiger partial charge in [0.2, 0.25) is 0 Å². The van der Waals surface area contributed by atoms with Gasteiger partial charge in [0.1, 0.15) is 42.9 Å². The van der Waals surface area contributed by atoms with Gasteiger partial charge in [-0.1, -0.05) is 188 Å². The molecule has 7 nitrogen and oxygen atoms in total. The Morgan fingerprint density at radius 1 is 0.469 bits per heavy atom. The first-order chi connectivity index (χ1) is 31.6. The topological polar surface area (TPSA) is 81.4 Å². The molecule has 328 valence electrons. The minimum absolute atomic E-state index is 0.233. The van der Waals surface area contributed by atoms with Gasteiger partial charge < -0.3 is 34.2 Å². The van der Waals surface area contributed by atoms with Crippen LogP contribution in [0.5, 0.6) is 5.75 Å². The van der Waals surface area contributed by atoms with E-state index in [2.05, 4.69) is 91.0 Å². The molecule has 2 N–H and O–H groups in total. The molecule has 7 aromatic rings. The number of ether oxygens (including phenoxy) is 6. The average molecular weight is 875 g/mol. The molecule has 0 amide bonds. The molecule has 0 saturated carbocycles. The van der Waals surface area contributed by atoms with Crippen LogP contribution in [0, 0.1) is 0 Å². The Morgan fingerprint density at radius 2 is 0.922 bits per heavy atom. The van der Waals surface area contributed by atoms with Gasteiger partial charge in [-0.05, 0) is 76.0 Å². The van der Waals surface area contributed by atoms with Crippen molar-refractivity contribution >= 4 is 11.6 Å². The molecule has 0 unspecified atom stereocenters. The lowest BCUT2D eigenvalue weighted by Gasteiger charge is -2.46. The molecule has 8 heteroatoms. The second-order valence-corrected chi connectivity index (χ2v) is 16.6. The molecule has 64 heavy (non-hydrogen) atoms. The zero-order chi connectivity index (χ0) is 43.8. The van der Waals surface area contributed by atoms with Crippen LogP contribution in [-0.4, -0.2) is 37.6 Å². The highest BCUT2D eigenvalue weighted by Crippen LogP contribution is 2.44. The van der Waals surface area contributed by atoms with E-state index in [1.807, 2.05) is 97.1 Å². The van der Waals surface area contributed by atoms with Crippen LogP contribution in [0.1, 0.15) is 56.2 Å². The molecule has 1 saturated heterocycles. The normalized spacial score (nSPS) is 18.4. The number of nitrogens with two attached hydrogens (primary N) is 1. The van der Waals surface area contributed by atoms with Crippen LogP contribution in [0.4, 0.5) is 0 Å². The Hall–Kier alpha value is -5.61. The summed E-state index contributed by atoms with van der Waals surface area (Å²) in [7, 11) is 0. The quantitative estimate of drug-likeness (QED) is 0.0770. The van der Waals surface area contributed by atoms with E-state index < -0.39 is 30.5 Å². The molecule has 0 aromatic heterocycles. The SMILES string of the molecule is NCCc1ccc(Cc2cc([C@@H]3O[C@H](COCc4ccccc4)[C@@H](OCc4ccccc4)[C@H](OCc4ccccc4)[C@H]3OCc3ccccc3)c(OCc3ccccc3)cc2Cl)cc1. The summed E-state index contributed by atoms with van der Waals surface area (Å²) < 4.78 is 41.8. The van der Waals surface area contributed by atoms with Gasteiger partial charge in [0.15, 0.2) is 0 Å². The second-order valence-electron chi connectivity index (χ2n) is 16.2. The molecule has 1 fully saturated rings. The van der Waals surface area contributed by atoms with E-state index in [0.29, 0.717) is 56.8 Å². The summed E-state index contributed by atoms with van der Waals surface area (Å²) in [5.41, 5.74) is 15.1. The molecular formula is C56H56ClNO6. The highest BCUT2D eigenvalue weighted by molar-refractivity contribution is 6.31. The third-order valence-electron chi connectivity index (χ3n) is 11.5. The smallest absolute Gasteiger partial charge is 0.127 e. The summed E-state index contributed by atoms with van der Waals surface area (Å²) in [6, 6.07) is 63.4. The summed E-state index contributed by atoms with van der Waals surface area (Å²) in [5.74, 6) is 0.601. The van der Waals surface area contributed by atoms with Crippen molar-refractivity contribution in [1.29, 1.82) is 0 Å². The molecule has 1 heterocycles. The fourth-order valence-corrected chi connectivity index (χ4v) is 8.31. The van der Waals surface area contributed by atoms with E-state index in [-0.39, 0.29) is 6.61 Å². The Labute approximate surface area is 382 Å². The van der Waals surface area contributed by atoms with E-state index >= 15 is 0 Å². The van der Waals surface area contributed by atoms with Gasteiger partial charge in [-0.2, -0.15) is 0 Å². The zero-order valence-electron chi connectivity index (χ0n) is 36.1. The molecular weight excluding hydrogens is 818 g/mol. The first-order valence-electron chi connectivity index (χ1n) is 22.1. The minimum Gasteiger partial charge on any atom is -0.488 e. The summed E-state index contributed by atoms with van der Waals surface area (Å²) >= 11 is 7.22. The highest BCUT2D eigenvalue weighted by Gasteiger charge is 2.50. The predicted molar refractivity (Wildman–Crippen MR) is 253 cm³/mol. The zero-order valence-corrected chi connectivity index (χ0v) is 36.8. The molecule has 0 bridgehead atoms. The monoisotopic (exact) mass is 873 g/mol. The van der Waals surface area contributed by atoms with Crippen LogP contribution >= 0.6 is 11.6 Å². The van der Waals surface area contributed by atoms with Crippen LogP contribution in [0.15, 0.2) is 188 Å². The van der Waals surface area contributed by atoms with Crippen molar-refractivity contribution in [2.75, 3.05) is 13.2 Å². The van der Waals surface area contributed by atoms with Crippen molar-refractivity contribution < 1.29 is 28.4 Å². The molecule has 0 spiro atoms. The molecule has 1 aliphatic heterocycles. The minimum atomic E-state index is -0.694. The fraction of sp³-hybridized carbons (Fsp3) is 0.250. The third kappa shape index (κ3) is 12.6. The van der Waals surface area contributed by atoms with Gasteiger partial charge in [-0.3, -0.25) is 0 Å². The van der Waals surface area contributed by atoms with Crippen molar-refractivity contribution in [1.82, 2.24) is 0 Å². The fourth-order valence-electron chi connectivity index (χ4n) is 8.09. The van der Waals surface area contributed by atoms with Crippen LogP contribution in [0.25, 0.3) is 0 Å². The molecule has 5 atom stereocenters. The summed E-state index contributed by atoms with van der Waals surface area (Å²) in [4.78, 5) is 0. The van der Waals surface area contributed by atoms with Crippen LogP contribution < -0.4 is 10.5 Å². The Bertz CT molecular complexity index is 2420. The molecule has 1 aliphatic rings. The molecule has 0 radical (unpaired) electrons. The number of hydrogen-bond acceptors (Lipinski definition) is 7. The van der Waals surface area contributed by atoms with E-state index in [9.17, 15) is 0 Å². The first-order valence-corrected chi connectivity index (χ1v) is 22.5. The van der Waals surface area contributed by atoms with E-state index in [0.717, 1.165) is 50.9 Å². The van der Waals surface area contributed by atoms with Crippen molar-refractivity contribution in [3.05, 3.63) is 243 Å². The van der Waals surface area contributed by atoms with Gasteiger partial charge in [0, 0.05) is 10.6 Å². The summed E-state index contributed by atoms with van der Waals surface area (Å²) in [5, 5.41) is 0.596. The van der Waals surface area contributed by atoms with Crippen molar-refractivity contribution in [3.8, 4) is 5.75 Å². The molecule has 7 aromatic carbocycles. The van der Waals surface area contributed by atoms with Crippen LogP contribution in [-0.2, 0) is 69.6 Å². The number of halogens is 1. The largest absolute Gasteiger partial charge is 0.488 e. The maximum Gasteiger partial charge on any atom is 0.127 e. The maximum atomic E-state index is 7.39. The van der Waals surface area contributed by atoms with Gasteiger partial charge in [0.05, 0.1) is 33.0 Å². The van der Waals surface area contributed by atoms with Crippen molar-refractivity contribution in [2.45, 2.75) is 76.4 Å². The lowest BCUT2D eigenvalue weighted by atomic mass is 9.88. The standard InChI is InChI=1S/C56H56ClNO6/c57-50-34-51(60-36-44-18-8-2-9-19-44)49(33-48(50)32-42-28-26-41(27-29-42)30-31-58)53-55(62-38-46-22-12-4-13-23-46)56(63-39-47-24-14-5-15-25-47)54(61-37-45-20-10-3-11-21-45)52(64-53)40-59-35-43-16-6-1-7-17-43/h1-29,33-34,52-56H,30-32,35-40,58H2/t52-,53+,54-,55+,56+/m1/s1. The van der Waals surface area contributed by atoms with E-state index in [1.165, 1.54) is 5.56 Å². The van der Waals surface area contributed by atoms with E-state index in [4.69, 9.17) is 45.8 Å². The van der Waals surface area contributed by atoms with Crippen LogP contribution in [0.3, 0.4) is 0 Å². The first kappa shape index (κ1) is 45.0. The predicted octanol–water partition coefficient (Wildman–Crippen LogP) is 11.4. The summed E-state index contributed by atoms with van der Waals surface area (Å²) in [6.45, 7) is 2.54. The number of hydrogen-bond donors (Lipinski definition) is 1. The van der Waals surface area contributed by atoms with Gasteiger partial charge >= 0.3 is 0 Å². The second kappa shape index (κ2) is 23.4. The number of rotatable bonds is 21. The average Bonchev–Trinajstić information content (AvgIpc) is 3.34. The van der Waals surface area contributed by atoms with Crippen LogP contribution in [0.2, 0.25) is 5.02 Å². The Balaban J connectivity index is 1.22. The van der Waals surface area contributed by atoms with Gasteiger partial charge in [0.25, 0.3) is 0 Å². The van der Waals surface area contributed by atoms with Gasteiger partial charge in [-0.25, -0.2) is 0 Å². The molecule has 0 aliphatic carbocycles. The highest BCUT2D eigenvalue weighted by atomic mass is 35.5. The lowest BCUT2D eigenvalue weighted by Crippen LogP contribution is -2.58. The molecule has 8 rings (SSSR count). The third-order valence-corrected chi connectivity index (χ3v) is 11.8. The Kier molecular flexibility index (Phi) is 16.4. The van der Waals surface area contributed by atoms with Gasteiger partial charge in [-0.15, -0.1) is 0 Å². The Morgan fingerprint density at radius 3 is 1.44 bits per heavy atom.